The summed E-state index contributed by atoms with van der Waals surface area (Å²) >= 11 is 12.7. The number of halogens is 3. The molecule has 0 spiro atoms. The third-order valence-corrected chi connectivity index (χ3v) is 9.18. The molecule has 0 aromatic heterocycles. The van der Waals surface area contributed by atoms with Gasteiger partial charge in [-0.1, -0.05) is 83.4 Å². The van der Waals surface area contributed by atoms with Gasteiger partial charge in [0.05, 0.1) is 15.6 Å². The van der Waals surface area contributed by atoms with Crippen LogP contribution in [-0.2, 0) is 32.6 Å². The largest absolute Gasteiger partial charge is 0.357 e. The molecule has 0 saturated carbocycles. The van der Waals surface area contributed by atoms with Crippen LogP contribution in [0.2, 0.25) is 10.0 Å². The van der Waals surface area contributed by atoms with Crippen molar-refractivity contribution in [3.8, 4) is 0 Å². The van der Waals surface area contributed by atoms with Crippen LogP contribution >= 0.6 is 23.2 Å². The number of hydrogen-bond donors (Lipinski definition) is 1. The van der Waals surface area contributed by atoms with E-state index < -0.39 is 40.2 Å². The fourth-order valence-corrected chi connectivity index (χ4v) is 6.40. The minimum Gasteiger partial charge on any atom is -0.357 e. The van der Waals surface area contributed by atoms with E-state index in [1.165, 1.54) is 66.5 Å². The van der Waals surface area contributed by atoms with E-state index in [9.17, 15) is 22.4 Å². The molecule has 2 amide bonds. The summed E-state index contributed by atoms with van der Waals surface area (Å²) in [4.78, 5) is 28.8. The Morgan fingerprint density at radius 2 is 1.53 bits per heavy atom. The maximum Gasteiger partial charge on any atom is 0.264 e. The van der Waals surface area contributed by atoms with Gasteiger partial charge in [-0.2, -0.15) is 0 Å². The summed E-state index contributed by atoms with van der Waals surface area (Å²) in [5.74, 6) is -1.59. The quantitative estimate of drug-likeness (QED) is 0.217. The molecule has 4 rings (SSSR count). The lowest BCUT2D eigenvalue weighted by molar-refractivity contribution is -0.139. The number of anilines is 1. The SMILES string of the molecule is CNC(=O)[C@@H](Cc1ccccc1)N(Cc1ccc(F)cc1)C(=O)CN(c1cc(Cl)ccc1Cl)S(=O)(=O)c1ccc(C)cc1. The molecule has 4 aromatic rings. The second-order valence-electron chi connectivity index (χ2n) is 9.89. The summed E-state index contributed by atoms with van der Waals surface area (Å²) in [5.41, 5.74) is 2.19. The summed E-state index contributed by atoms with van der Waals surface area (Å²) in [6, 6.07) is 24.1. The van der Waals surface area contributed by atoms with Gasteiger partial charge in [0.15, 0.2) is 0 Å². The van der Waals surface area contributed by atoms with Crippen molar-refractivity contribution in [2.75, 3.05) is 17.9 Å². The van der Waals surface area contributed by atoms with Crippen molar-refractivity contribution in [1.82, 2.24) is 10.2 Å². The van der Waals surface area contributed by atoms with Crippen molar-refractivity contribution < 1.29 is 22.4 Å². The second-order valence-corrected chi connectivity index (χ2v) is 12.6. The van der Waals surface area contributed by atoms with Gasteiger partial charge in [0, 0.05) is 25.0 Å². The number of aryl methyl sites for hydroxylation is 1. The third-order valence-electron chi connectivity index (χ3n) is 6.85. The second kappa shape index (κ2) is 14.0. The summed E-state index contributed by atoms with van der Waals surface area (Å²) in [5, 5.41) is 2.89. The number of carbonyl (C=O) groups is 2. The van der Waals surface area contributed by atoms with E-state index in [0.29, 0.717) is 5.56 Å². The van der Waals surface area contributed by atoms with Gasteiger partial charge >= 0.3 is 0 Å². The Morgan fingerprint density at radius 3 is 2.16 bits per heavy atom. The van der Waals surface area contributed by atoms with Crippen LogP contribution in [0.15, 0.2) is 102 Å². The van der Waals surface area contributed by atoms with Crippen LogP contribution in [0.3, 0.4) is 0 Å². The standard InChI is InChI=1S/C32H30Cl2FN3O4S/c1-22-8-15-27(16-9-22)43(41,42)38(29-19-25(33)12-17-28(29)34)21-31(39)37(20-24-10-13-26(35)14-11-24)30(32(40)36-2)18-23-6-4-3-5-7-23/h3-17,19,30H,18,20-21H2,1-2H3,(H,36,40)/t30-/m1/s1. The van der Waals surface area contributed by atoms with E-state index in [-0.39, 0.29) is 33.6 Å². The summed E-state index contributed by atoms with van der Waals surface area (Å²) in [7, 11) is -2.88. The highest BCUT2D eigenvalue weighted by Gasteiger charge is 2.35. The van der Waals surface area contributed by atoms with Crippen molar-refractivity contribution in [2.45, 2.75) is 30.8 Å². The van der Waals surface area contributed by atoms with Crippen molar-refractivity contribution in [3.05, 3.63) is 130 Å². The summed E-state index contributed by atoms with van der Waals surface area (Å²) < 4.78 is 42.7. The molecule has 0 heterocycles. The van der Waals surface area contributed by atoms with Gasteiger partial charge in [0.1, 0.15) is 18.4 Å². The van der Waals surface area contributed by atoms with Crippen LogP contribution in [0.5, 0.6) is 0 Å². The lowest BCUT2D eigenvalue weighted by Gasteiger charge is -2.33. The molecule has 0 fully saturated rings. The molecule has 0 bridgehead atoms. The number of nitrogens with zero attached hydrogens (tertiary/aromatic N) is 2. The first-order valence-electron chi connectivity index (χ1n) is 13.3. The molecule has 0 saturated heterocycles. The summed E-state index contributed by atoms with van der Waals surface area (Å²) in [6.07, 6.45) is 0.149. The van der Waals surface area contributed by atoms with Crippen molar-refractivity contribution in [1.29, 1.82) is 0 Å². The van der Waals surface area contributed by atoms with E-state index in [1.54, 1.807) is 12.1 Å². The molecule has 11 heteroatoms. The highest BCUT2D eigenvalue weighted by atomic mass is 35.5. The van der Waals surface area contributed by atoms with Crippen LogP contribution < -0.4 is 9.62 Å². The average molecular weight is 643 g/mol. The molecule has 224 valence electrons. The van der Waals surface area contributed by atoms with Crippen LogP contribution in [-0.4, -0.2) is 44.8 Å². The average Bonchev–Trinajstić information content (AvgIpc) is 3.00. The van der Waals surface area contributed by atoms with Crippen molar-refractivity contribution >= 4 is 50.7 Å². The number of hydrogen-bond acceptors (Lipinski definition) is 4. The first-order chi connectivity index (χ1) is 20.5. The number of benzene rings is 4. The van der Waals surface area contributed by atoms with Crippen molar-refractivity contribution in [3.63, 3.8) is 0 Å². The fraction of sp³-hybridized carbons (Fsp3) is 0.188. The molecule has 0 aliphatic carbocycles. The Balaban J connectivity index is 1.81. The zero-order chi connectivity index (χ0) is 31.1. The Kier molecular flexibility index (Phi) is 10.4. The molecule has 4 aromatic carbocycles. The summed E-state index contributed by atoms with van der Waals surface area (Å²) in [6.45, 7) is 1.04. The topological polar surface area (TPSA) is 86.8 Å². The maximum atomic E-state index is 14.3. The Hall–Kier alpha value is -3.92. The molecule has 43 heavy (non-hydrogen) atoms. The Bertz CT molecular complexity index is 1690. The molecule has 1 atom stereocenters. The molecule has 0 radical (unpaired) electrons. The Morgan fingerprint density at radius 1 is 0.884 bits per heavy atom. The predicted molar refractivity (Wildman–Crippen MR) is 167 cm³/mol. The van der Waals surface area contributed by atoms with Crippen LogP contribution in [0, 0.1) is 12.7 Å². The lowest BCUT2D eigenvalue weighted by atomic mass is 10.0. The molecular formula is C32H30Cl2FN3O4S. The van der Waals surface area contributed by atoms with Gasteiger partial charge in [-0.15, -0.1) is 0 Å². The number of amides is 2. The number of nitrogens with one attached hydrogen (secondary N) is 1. The number of rotatable bonds is 11. The first kappa shape index (κ1) is 32.0. The van der Waals surface area contributed by atoms with E-state index in [4.69, 9.17) is 23.2 Å². The minimum absolute atomic E-state index is 0.00405. The Labute approximate surface area is 260 Å². The monoisotopic (exact) mass is 641 g/mol. The maximum absolute atomic E-state index is 14.3. The van der Waals surface area contributed by atoms with Crippen LogP contribution in [0.1, 0.15) is 16.7 Å². The number of carbonyl (C=O) groups excluding carboxylic acids is 2. The van der Waals surface area contributed by atoms with Gasteiger partial charge in [-0.25, -0.2) is 12.8 Å². The van der Waals surface area contributed by atoms with E-state index in [2.05, 4.69) is 5.32 Å². The molecule has 0 aliphatic rings. The van der Waals surface area contributed by atoms with Gasteiger partial charge in [-0.05, 0) is 60.5 Å². The van der Waals surface area contributed by atoms with Crippen LogP contribution in [0.4, 0.5) is 10.1 Å². The number of sulfonamides is 1. The van der Waals surface area contributed by atoms with E-state index >= 15 is 0 Å². The van der Waals surface area contributed by atoms with E-state index in [0.717, 1.165) is 15.4 Å². The highest BCUT2D eigenvalue weighted by Crippen LogP contribution is 2.33. The minimum atomic E-state index is -4.33. The van der Waals surface area contributed by atoms with E-state index in [1.807, 2.05) is 37.3 Å². The molecule has 7 nitrogen and oxygen atoms in total. The third kappa shape index (κ3) is 7.93. The van der Waals surface area contributed by atoms with Gasteiger partial charge in [0.2, 0.25) is 11.8 Å². The van der Waals surface area contributed by atoms with Gasteiger partial charge in [-0.3, -0.25) is 13.9 Å². The molecule has 0 aliphatic heterocycles. The van der Waals surface area contributed by atoms with Gasteiger partial charge < -0.3 is 10.2 Å². The number of likely N-dealkylation sites (N-methyl/N-ethyl adjacent to an activating group) is 1. The fourth-order valence-electron chi connectivity index (χ4n) is 4.53. The molecule has 1 N–H and O–H groups in total. The molecule has 0 unspecified atom stereocenters. The van der Waals surface area contributed by atoms with Crippen LogP contribution in [0.25, 0.3) is 0 Å². The normalized spacial score (nSPS) is 11.9. The predicted octanol–water partition coefficient (Wildman–Crippen LogP) is 6.02. The van der Waals surface area contributed by atoms with Gasteiger partial charge in [0.25, 0.3) is 10.0 Å². The smallest absolute Gasteiger partial charge is 0.264 e. The highest BCUT2D eigenvalue weighted by molar-refractivity contribution is 7.92. The van der Waals surface area contributed by atoms with Crippen molar-refractivity contribution in [2.24, 2.45) is 0 Å². The zero-order valence-electron chi connectivity index (χ0n) is 23.5. The molecular weight excluding hydrogens is 612 g/mol. The lowest BCUT2D eigenvalue weighted by Crippen LogP contribution is -2.53. The zero-order valence-corrected chi connectivity index (χ0v) is 25.8. The first-order valence-corrected chi connectivity index (χ1v) is 15.5.